The molecule has 3 heteroatoms. The van der Waals surface area contributed by atoms with Crippen molar-refractivity contribution in [1.82, 2.24) is 0 Å². The molecule has 0 spiro atoms. The molecule has 110 valence electrons. The largest absolute Gasteiger partial charge is 0.464 e. The van der Waals surface area contributed by atoms with Crippen molar-refractivity contribution in [2.24, 2.45) is 0 Å². The summed E-state index contributed by atoms with van der Waals surface area (Å²) in [6.07, 6.45) is -1.26. The van der Waals surface area contributed by atoms with Crippen molar-refractivity contribution in [1.29, 1.82) is 0 Å². The van der Waals surface area contributed by atoms with Crippen LogP contribution < -0.4 is 0 Å². The second kappa shape index (κ2) is 6.55. The summed E-state index contributed by atoms with van der Waals surface area (Å²) >= 11 is 0. The van der Waals surface area contributed by atoms with Crippen LogP contribution in [0.25, 0.3) is 0 Å². The van der Waals surface area contributed by atoms with Crippen molar-refractivity contribution in [2.75, 3.05) is 6.61 Å². The molecule has 2 aromatic rings. The molecule has 0 aliphatic rings. The van der Waals surface area contributed by atoms with Crippen LogP contribution in [0, 0.1) is 0 Å². The smallest absolute Gasteiger partial charge is 0.336 e. The Labute approximate surface area is 125 Å². The lowest BCUT2D eigenvalue weighted by Gasteiger charge is -2.34. The topological polar surface area (TPSA) is 46.5 Å². The Balaban J connectivity index is 2.52. The maximum Gasteiger partial charge on any atom is 0.336 e. The lowest BCUT2D eigenvalue weighted by atomic mass is 9.72. The minimum absolute atomic E-state index is 0.246. The fraction of sp³-hybridized carbons (Fsp3) is 0.278. The van der Waals surface area contributed by atoms with Crippen molar-refractivity contribution in [2.45, 2.75) is 25.4 Å². The lowest BCUT2D eigenvalue weighted by Crippen LogP contribution is -2.44. The van der Waals surface area contributed by atoms with Crippen molar-refractivity contribution >= 4 is 5.97 Å². The van der Waals surface area contributed by atoms with Crippen molar-refractivity contribution in [3.8, 4) is 0 Å². The normalized spacial score (nSPS) is 12.7. The Morgan fingerprint density at radius 1 is 1.05 bits per heavy atom. The molecule has 0 aromatic heterocycles. The van der Waals surface area contributed by atoms with E-state index in [1.165, 1.54) is 0 Å². The third kappa shape index (κ3) is 2.98. The highest BCUT2D eigenvalue weighted by atomic mass is 16.5. The molecule has 1 atom stereocenters. The molecule has 0 saturated heterocycles. The summed E-state index contributed by atoms with van der Waals surface area (Å²) in [5, 5.41) is 10.6. The number of aliphatic hydroxyl groups is 1. The van der Waals surface area contributed by atoms with Crippen molar-refractivity contribution in [3.63, 3.8) is 0 Å². The second-order valence-corrected chi connectivity index (χ2v) is 5.09. The van der Waals surface area contributed by atoms with Gasteiger partial charge in [-0.25, -0.2) is 4.79 Å². The van der Waals surface area contributed by atoms with Crippen molar-refractivity contribution in [3.05, 3.63) is 71.8 Å². The van der Waals surface area contributed by atoms with Crippen LogP contribution in [0.1, 0.15) is 25.0 Å². The zero-order valence-electron chi connectivity index (χ0n) is 12.3. The highest BCUT2D eigenvalue weighted by Gasteiger charge is 2.41. The molecule has 0 saturated carbocycles. The van der Waals surface area contributed by atoms with E-state index in [1.807, 2.05) is 67.6 Å². The van der Waals surface area contributed by atoms with E-state index in [0.717, 1.165) is 11.1 Å². The van der Waals surface area contributed by atoms with Crippen LogP contribution in [-0.4, -0.2) is 23.8 Å². The molecule has 0 amide bonds. The maximum absolute atomic E-state index is 12.1. The van der Waals surface area contributed by atoms with Gasteiger partial charge in [-0.2, -0.15) is 0 Å². The summed E-state index contributed by atoms with van der Waals surface area (Å²) < 4.78 is 5.00. The standard InChI is InChI=1S/C18H20O3/c1-3-21-17(20)16(19)18(2,14-10-6-4-7-11-14)15-12-8-5-9-13-15/h4-13,16,19H,3H2,1-2H3. The molecule has 2 aromatic carbocycles. The number of aliphatic hydroxyl groups excluding tert-OH is 1. The van der Waals surface area contributed by atoms with Crippen LogP contribution in [0.5, 0.6) is 0 Å². The number of rotatable bonds is 5. The molecule has 1 N–H and O–H groups in total. The quantitative estimate of drug-likeness (QED) is 0.859. The minimum atomic E-state index is -1.26. The summed E-state index contributed by atoms with van der Waals surface area (Å²) in [5.74, 6) is -0.604. The third-order valence-corrected chi connectivity index (χ3v) is 3.80. The van der Waals surface area contributed by atoms with Crippen LogP contribution in [0.4, 0.5) is 0 Å². The first-order valence-corrected chi connectivity index (χ1v) is 7.06. The first-order valence-electron chi connectivity index (χ1n) is 7.06. The van der Waals surface area contributed by atoms with Gasteiger partial charge in [0.05, 0.1) is 12.0 Å². The molecule has 0 heterocycles. The van der Waals surface area contributed by atoms with E-state index < -0.39 is 17.5 Å². The summed E-state index contributed by atoms with van der Waals surface area (Å²) in [6.45, 7) is 3.84. The van der Waals surface area contributed by atoms with E-state index in [1.54, 1.807) is 6.92 Å². The third-order valence-electron chi connectivity index (χ3n) is 3.80. The fourth-order valence-corrected chi connectivity index (χ4v) is 2.51. The monoisotopic (exact) mass is 284 g/mol. The lowest BCUT2D eigenvalue weighted by molar-refractivity contribution is -0.155. The van der Waals surface area contributed by atoms with Gasteiger partial charge in [0.2, 0.25) is 0 Å². The van der Waals surface area contributed by atoms with Gasteiger partial charge >= 0.3 is 5.97 Å². The molecule has 1 unspecified atom stereocenters. The SMILES string of the molecule is CCOC(=O)C(O)C(C)(c1ccccc1)c1ccccc1. The number of ether oxygens (including phenoxy) is 1. The summed E-state index contributed by atoms with van der Waals surface area (Å²) in [5.41, 5.74) is 0.892. The van der Waals surface area contributed by atoms with Gasteiger partial charge in [0.15, 0.2) is 6.10 Å². The highest BCUT2D eigenvalue weighted by Crippen LogP contribution is 2.35. The van der Waals surface area contributed by atoms with E-state index >= 15 is 0 Å². The number of benzene rings is 2. The van der Waals surface area contributed by atoms with Gasteiger partial charge in [0.25, 0.3) is 0 Å². The van der Waals surface area contributed by atoms with Gasteiger partial charge < -0.3 is 9.84 Å². The van der Waals surface area contributed by atoms with Crippen LogP contribution >= 0.6 is 0 Å². The molecule has 2 rings (SSSR count). The Morgan fingerprint density at radius 3 is 1.86 bits per heavy atom. The fourth-order valence-electron chi connectivity index (χ4n) is 2.51. The number of hydrogen-bond acceptors (Lipinski definition) is 3. The van der Waals surface area contributed by atoms with Gasteiger partial charge in [-0.15, -0.1) is 0 Å². The van der Waals surface area contributed by atoms with Gasteiger partial charge in [-0.05, 0) is 25.0 Å². The van der Waals surface area contributed by atoms with E-state index in [9.17, 15) is 9.90 Å². The van der Waals surface area contributed by atoms with Gasteiger partial charge in [-0.3, -0.25) is 0 Å². The Kier molecular flexibility index (Phi) is 4.76. The molecule has 0 bridgehead atoms. The number of carbonyl (C=O) groups is 1. The maximum atomic E-state index is 12.1. The zero-order valence-corrected chi connectivity index (χ0v) is 12.3. The summed E-state index contributed by atoms with van der Waals surface area (Å²) in [6, 6.07) is 19.1. The average Bonchev–Trinajstić information content (AvgIpc) is 2.55. The Bertz CT molecular complexity index is 538. The average molecular weight is 284 g/mol. The predicted octanol–water partition coefficient (Wildman–Crippen LogP) is 2.92. The molecule has 21 heavy (non-hydrogen) atoms. The number of hydrogen-bond donors (Lipinski definition) is 1. The number of esters is 1. The summed E-state index contributed by atoms with van der Waals surface area (Å²) in [4.78, 5) is 12.1. The first-order chi connectivity index (χ1) is 10.1. The van der Waals surface area contributed by atoms with Gasteiger partial charge in [0.1, 0.15) is 0 Å². The predicted molar refractivity (Wildman–Crippen MR) is 82.0 cm³/mol. The molecular weight excluding hydrogens is 264 g/mol. The molecule has 0 aliphatic heterocycles. The van der Waals surface area contributed by atoms with E-state index in [-0.39, 0.29) is 6.61 Å². The van der Waals surface area contributed by atoms with Gasteiger partial charge in [0, 0.05) is 0 Å². The Morgan fingerprint density at radius 2 is 1.48 bits per heavy atom. The highest BCUT2D eigenvalue weighted by molar-refractivity contribution is 5.78. The molecule has 0 fully saturated rings. The van der Waals surface area contributed by atoms with Crippen LogP contribution in [0.2, 0.25) is 0 Å². The van der Waals surface area contributed by atoms with E-state index in [4.69, 9.17) is 4.74 Å². The van der Waals surface area contributed by atoms with Crippen molar-refractivity contribution < 1.29 is 14.6 Å². The minimum Gasteiger partial charge on any atom is -0.464 e. The van der Waals surface area contributed by atoms with Crippen LogP contribution in [-0.2, 0) is 14.9 Å². The molecule has 0 radical (unpaired) electrons. The molecule has 3 nitrogen and oxygen atoms in total. The number of carbonyl (C=O) groups excluding carboxylic acids is 1. The van der Waals surface area contributed by atoms with Crippen LogP contribution in [0.15, 0.2) is 60.7 Å². The second-order valence-electron chi connectivity index (χ2n) is 5.09. The summed E-state index contributed by atoms with van der Waals surface area (Å²) in [7, 11) is 0. The zero-order chi connectivity index (χ0) is 15.3. The van der Waals surface area contributed by atoms with E-state index in [2.05, 4.69) is 0 Å². The van der Waals surface area contributed by atoms with Gasteiger partial charge in [-0.1, -0.05) is 60.7 Å². The van der Waals surface area contributed by atoms with Crippen LogP contribution in [0.3, 0.4) is 0 Å². The first kappa shape index (κ1) is 15.3. The van der Waals surface area contributed by atoms with E-state index in [0.29, 0.717) is 0 Å². The molecule has 0 aliphatic carbocycles. The Hall–Kier alpha value is -2.13. The molecular formula is C18H20O3.